The Balaban J connectivity index is 1.73. The maximum absolute atomic E-state index is 11.6. The second kappa shape index (κ2) is 5.96. The summed E-state index contributed by atoms with van der Waals surface area (Å²) in [6.45, 7) is 0.808. The molecule has 4 rings (SSSR count). The molecule has 0 radical (unpaired) electrons. The highest BCUT2D eigenvalue weighted by atomic mass is 16.6. The largest absolute Gasteiger partial charge is 0.372 e. The first-order valence-electron chi connectivity index (χ1n) is 8.16. The van der Waals surface area contributed by atoms with Gasteiger partial charge in [-0.15, -0.1) is 0 Å². The highest BCUT2D eigenvalue weighted by Crippen LogP contribution is 2.34. The lowest BCUT2D eigenvalue weighted by Crippen LogP contribution is -2.31. The van der Waals surface area contributed by atoms with Crippen molar-refractivity contribution in [3.63, 3.8) is 0 Å². The van der Waals surface area contributed by atoms with Gasteiger partial charge in [-0.25, -0.2) is 0 Å². The van der Waals surface area contributed by atoms with Crippen molar-refractivity contribution in [1.82, 2.24) is 9.38 Å². The van der Waals surface area contributed by atoms with Crippen molar-refractivity contribution in [3.05, 3.63) is 70.4 Å². The van der Waals surface area contributed by atoms with Crippen molar-refractivity contribution in [2.24, 2.45) is 0 Å². The van der Waals surface area contributed by atoms with Gasteiger partial charge in [0.15, 0.2) is 0 Å². The van der Waals surface area contributed by atoms with Crippen molar-refractivity contribution in [3.8, 4) is 0 Å². The SMILES string of the molecule is O=[N+]([O-])c1c(N2CCCC2Cc2ccccc2)nc2ccccn12. The zero-order chi connectivity index (χ0) is 16.5. The number of rotatable bonds is 4. The standard InChI is InChI=1S/C18H18N4O2/c23-22(24)18-17(19-16-10-4-5-11-21(16)18)20-12-6-9-15(20)13-14-7-2-1-3-8-14/h1-5,7-8,10-11,15H,6,9,12-13H2. The molecule has 0 N–H and O–H groups in total. The van der Waals surface area contributed by atoms with E-state index in [1.165, 1.54) is 5.56 Å². The number of pyridine rings is 1. The molecular weight excluding hydrogens is 304 g/mol. The van der Waals surface area contributed by atoms with Crippen LogP contribution in [0.25, 0.3) is 5.65 Å². The number of nitro groups is 1. The topological polar surface area (TPSA) is 63.7 Å². The van der Waals surface area contributed by atoms with Crippen LogP contribution in [0.15, 0.2) is 54.7 Å². The summed E-state index contributed by atoms with van der Waals surface area (Å²) < 4.78 is 1.56. The predicted molar refractivity (Wildman–Crippen MR) is 92.4 cm³/mol. The average Bonchev–Trinajstić information content (AvgIpc) is 3.19. The van der Waals surface area contributed by atoms with Crippen LogP contribution < -0.4 is 4.90 Å². The summed E-state index contributed by atoms with van der Waals surface area (Å²) in [5, 5.41) is 11.6. The average molecular weight is 322 g/mol. The Bertz CT molecular complexity index is 875. The quantitative estimate of drug-likeness (QED) is 0.545. The molecule has 3 heterocycles. The number of aromatic nitrogens is 2. The van der Waals surface area contributed by atoms with E-state index in [4.69, 9.17) is 0 Å². The molecule has 1 atom stereocenters. The minimum atomic E-state index is -0.326. The molecule has 24 heavy (non-hydrogen) atoms. The van der Waals surface area contributed by atoms with E-state index in [2.05, 4.69) is 22.0 Å². The molecule has 0 amide bonds. The molecule has 2 aromatic heterocycles. The summed E-state index contributed by atoms with van der Waals surface area (Å²) in [6.07, 6.45) is 4.64. The van der Waals surface area contributed by atoms with E-state index in [0.717, 1.165) is 25.8 Å². The van der Waals surface area contributed by atoms with Crippen LogP contribution in [0.1, 0.15) is 18.4 Å². The van der Waals surface area contributed by atoms with Crippen molar-refractivity contribution < 1.29 is 4.92 Å². The molecule has 1 aliphatic rings. The van der Waals surface area contributed by atoms with E-state index >= 15 is 0 Å². The van der Waals surface area contributed by atoms with Crippen LogP contribution in [0, 0.1) is 10.1 Å². The van der Waals surface area contributed by atoms with Gasteiger partial charge in [-0.1, -0.05) is 36.4 Å². The van der Waals surface area contributed by atoms with Gasteiger partial charge in [-0.2, -0.15) is 9.38 Å². The Morgan fingerprint density at radius 1 is 1.17 bits per heavy atom. The Kier molecular flexibility index (Phi) is 3.65. The summed E-state index contributed by atoms with van der Waals surface area (Å²) in [7, 11) is 0. The highest BCUT2D eigenvalue weighted by Gasteiger charge is 2.33. The van der Waals surface area contributed by atoms with E-state index in [1.807, 2.05) is 24.3 Å². The third-order valence-electron chi connectivity index (χ3n) is 4.62. The van der Waals surface area contributed by atoms with Crippen molar-refractivity contribution in [2.75, 3.05) is 11.4 Å². The molecule has 0 aliphatic carbocycles. The normalized spacial score (nSPS) is 17.5. The molecule has 122 valence electrons. The molecule has 6 nitrogen and oxygen atoms in total. The zero-order valence-electron chi connectivity index (χ0n) is 13.2. The Morgan fingerprint density at radius 3 is 2.75 bits per heavy atom. The monoisotopic (exact) mass is 322 g/mol. The summed E-state index contributed by atoms with van der Waals surface area (Å²) >= 11 is 0. The Morgan fingerprint density at radius 2 is 1.96 bits per heavy atom. The predicted octanol–water partition coefficient (Wildman–Crippen LogP) is 3.45. The number of hydrogen-bond acceptors (Lipinski definition) is 4. The van der Waals surface area contributed by atoms with Gasteiger partial charge in [0.1, 0.15) is 0 Å². The zero-order valence-corrected chi connectivity index (χ0v) is 13.2. The second-order valence-corrected chi connectivity index (χ2v) is 6.12. The highest BCUT2D eigenvalue weighted by molar-refractivity contribution is 5.64. The lowest BCUT2D eigenvalue weighted by molar-refractivity contribution is -0.389. The van der Waals surface area contributed by atoms with Gasteiger partial charge in [-0.3, -0.25) is 0 Å². The fourth-order valence-corrected chi connectivity index (χ4v) is 3.55. The maximum Gasteiger partial charge on any atom is 0.372 e. The smallest absolute Gasteiger partial charge is 0.358 e. The molecular formula is C18H18N4O2. The van der Waals surface area contributed by atoms with E-state index in [-0.39, 0.29) is 16.8 Å². The second-order valence-electron chi connectivity index (χ2n) is 6.12. The minimum Gasteiger partial charge on any atom is -0.358 e. The van der Waals surface area contributed by atoms with Crippen LogP contribution in [0.5, 0.6) is 0 Å². The van der Waals surface area contributed by atoms with Gasteiger partial charge < -0.3 is 15.0 Å². The van der Waals surface area contributed by atoms with Crippen LogP contribution in [0.2, 0.25) is 0 Å². The van der Waals surface area contributed by atoms with E-state index in [1.54, 1.807) is 22.7 Å². The van der Waals surface area contributed by atoms with Gasteiger partial charge in [-0.05, 0) is 35.8 Å². The van der Waals surface area contributed by atoms with Gasteiger partial charge in [0.2, 0.25) is 11.5 Å². The summed E-state index contributed by atoms with van der Waals surface area (Å²) in [4.78, 5) is 18.0. The Labute approximate surface area is 139 Å². The molecule has 0 spiro atoms. The van der Waals surface area contributed by atoms with Gasteiger partial charge in [0, 0.05) is 18.7 Å². The van der Waals surface area contributed by atoms with Crippen LogP contribution in [0.4, 0.5) is 11.6 Å². The number of anilines is 1. The molecule has 6 heteroatoms. The fraction of sp³-hybridized carbons (Fsp3) is 0.278. The minimum absolute atomic E-state index is 0.0607. The molecule has 0 saturated carbocycles. The molecule has 1 fully saturated rings. The number of hydrogen-bond donors (Lipinski definition) is 0. The lowest BCUT2D eigenvalue weighted by Gasteiger charge is -2.24. The first-order valence-corrected chi connectivity index (χ1v) is 8.16. The summed E-state index contributed by atoms with van der Waals surface area (Å²) in [5.74, 6) is 0.551. The molecule has 1 aliphatic heterocycles. The first kappa shape index (κ1) is 14.7. The molecule has 1 aromatic carbocycles. The number of nitrogens with zero attached hydrogens (tertiary/aromatic N) is 4. The van der Waals surface area contributed by atoms with Crippen molar-refractivity contribution in [2.45, 2.75) is 25.3 Å². The molecule has 0 bridgehead atoms. The fourth-order valence-electron chi connectivity index (χ4n) is 3.55. The van der Waals surface area contributed by atoms with E-state index < -0.39 is 0 Å². The van der Waals surface area contributed by atoms with Crippen molar-refractivity contribution >= 4 is 17.3 Å². The van der Waals surface area contributed by atoms with Crippen LogP contribution in [-0.4, -0.2) is 26.9 Å². The molecule has 1 unspecified atom stereocenters. The van der Waals surface area contributed by atoms with Gasteiger partial charge >= 0.3 is 5.82 Å². The van der Waals surface area contributed by atoms with E-state index in [0.29, 0.717) is 11.5 Å². The summed E-state index contributed by atoms with van der Waals surface area (Å²) in [5.41, 5.74) is 1.87. The number of fused-ring (bicyclic) bond motifs is 1. The van der Waals surface area contributed by atoms with Gasteiger partial charge in [0.25, 0.3) is 0 Å². The number of imidazole rings is 1. The van der Waals surface area contributed by atoms with Crippen LogP contribution in [-0.2, 0) is 6.42 Å². The third-order valence-corrected chi connectivity index (χ3v) is 4.62. The first-order chi connectivity index (χ1) is 11.7. The maximum atomic E-state index is 11.6. The van der Waals surface area contributed by atoms with Crippen LogP contribution >= 0.6 is 0 Å². The number of benzene rings is 1. The lowest BCUT2D eigenvalue weighted by atomic mass is 10.0. The third kappa shape index (κ3) is 2.50. The van der Waals surface area contributed by atoms with Crippen molar-refractivity contribution in [1.29, 1.82) is 0 Å². The van der Waals surface area contributed by atoms with E-state index in [9.17, 15) is 10.1 Å². The van der Waals surface area contributed by atoms with Crippen LogP contribution in [0.3, 0.4) is 0 Å². The Hall–Kier alpha value is -2.89. The molecule has 1 saturated heterocycles. The van der Waals surface area contributed by atoms with Gasteiger partial charge in [0.05, 0.1) is 6.20 Å². The summed E-state index contributed by atoms with van der Waals surface area (Å²) in [6, 6.07) is 16.0. The molecule has 3 aromatic rings.